The number of hydrogen-bond acceptors (Lipinski definition) is 4. The standard InChI is InChI=1S/C7H17N2O3P/c1-8(2)5-7(6-9(3)4)13(10,11)12/h5H,6H2,1-4H3,(H2,10,11,12)/p+1/b7-5-. The molecule has 0 atom stereocenters. The predicted octanol–water partition coefficient (Wildman–Crippen LogP) is -2.36. The Kier molecular flexibility index (Phi) is 4.99. The van der Waals surface area contributed by atoms with E-state index in [2.05, 4.69) is 0 Å². The first-order chi connectivity index (χ1) is 5.73. The molecule has 5 nitrogen and oxygen atoms in total. The zero-order valence-electron chi connectivity index (χ0n) is 8.48. The summed E-state index contributed by atoms with van der Waals surface area (Å²) in [6.45, 7) is 0.287. The highest BCUT2D eigenvalue weighted by molar-refractivity contribution is 7.61. The van der Waals surface area contributed by atoms with Gasteiger partial charge in [0, 0.05) is 0 Å². The van der Waals surface area contributed by atoms with Gasteiger partial charge in [0.2, 0.25) is 0 Å². The molecule has 6 heteroatoms. The largest absolute Gasteiger partial charge is 0.628 e. The van der Waals surface area contributed by atoms with E-state index in [0.29, 0.717) is 0 Å². The zero-order chi connectivity index (χ0) is 10.6. The van der Waals surface area contributed by atoms with E-state index in [1.165, 1.54) is 0 Å². The van der Waals surface area contributed by atoms with Gasteiger partial charge < -0.3 is 14.7 Å². The lowest BCUT2D eigenvalue weighted by Crippen LogP contribution is -3.00. The average Bonchev–Trinajstić information content (AvgIpc) is 1.81. The molecule has 0 radical (unpaired) electrons. The molecule has 0 unspecified atom stereocenters. The molecule has 0 saturated carbocycles. The maximum Gasteiger partial charge on any atom is 0.266 e. The SMILES string of the molecule is CN(C)C/C(=C/[NH+](C)C)[P+]([O-])(O)O. The third-order valence-corrected chi connectivity index (χ3v) is 2.33. The minimum Gasteiger partial charge on any atom is -0.628 e. The summed E-state index contributed by atoms with van der Waals surface area (Å²) in [6.07, 6.45) is 1.54. The summed E-state index contributed by atoms with van der Waals surface area (Å²) in [4.78, 5) is 31.6. The maximum absolute atomic E-state index is 11.0. The molecule has 0 aromatic carbocycles. The van der Waals surface area contributed by atoms with Crippen LogP contribution in [0.5, 0.6) is 0 Å². The second-order valence-electron chi connectivity index (χ2n) is 3.49. The van der Waals surface area contributed by atoms with E-state index in [4.69, 9.17) is 9.79 Å². The van der Waals surface area contributed by atoms with Crippen LogP contribution in [0.15, 0.2) is 11.5 Å². The lowest BCUT2D eigenvalue weighted by atomic mass is 10.5. The normalized spacial score (nSPS) is 14.4. The van der Waals surface area contributed by atoms with E-state index < -0.39 is 7.94 Å². The van der Waals surface area contributed by atoms with Gasteiger partial charge in [0.05, 0.1) is 20.6 Å². The van der Waals surface area contributed by atoms with Crippen LogP contribution in [-0.4, -0.2) is 49.4 Å². The Balaban J connectivity index is 4.57. The van der Waals surface area contributed by atoms with Gasteiger partial charge in [-0.3, -0.25) is 0 Å². The van der Waals surface area contributed by atoms with Crippen LogP contribution in [0.3, 0.4) is 0 Å². The lowest BCUT2D eigenvalue weighted by Gasteiger charge is -2.20. The number of quaternary nitrogens is 1. The van der Waals surface area contributed by atoms with E-state index in [1.54, 1.807) is 25.2 Å². The summed E-state index contributed by atoms with van der Waals surface area (Å²) in [6, 6.07) is 0. The second-order valence-corrected chi connectivity index (χ2v) is 5.16. The van der Waals surface area contributed by atoms with Gasteiger partial charge >= 0.3 is 0 Å². The summed E-state index contributed by atoms with van der Waals surface area (Å²) in [7, 11) is 3.08. The Bertz CT molecular complexity index is 187. The van der Waals surface area contributed by atoms with Crippen molar-refractivity contribution >= 4 is 7.94 Å². The fourth-order valence-corrected chi connectivity index (χ4v) is 1.77. The third kappa shape index (κ3) is 6.10. The van der Waals surface area contributed by atoms with Gasteiger partial charge in [0.25, 0.3) is 7.94 Å². The molecule has 3 N–H and O–H groups in total. The smallest absolute Gasteiger partial charge is 0.266 e. The summed E-state index contributed by atoms with van der Waals surface area (Å²) >= 11 is 0. The first-order valence-corrected chi connectivity index (χ1v) is 5.56. The van der Waals surface area contributed by atoms with Crippen molar-refractivity contribution in [3.05, 3.63) is 11.5 Å². The van der Waals surface area contributed by atoms with E-state index in [-0.39, 0.29) is 11.9 Å². The first-order valence-electron chi connectivity index (χ1n) is 3.95. The van der Waals surface area contributed by atoms with Crippen LogP contribution in [0.25, 0.3) is 0 Å². The number of nitrogens with one attached hydrogen (secondary N) is 1. The number of likely N-dealkylation sites (N-methyl/N-ethyl adjacent to an activating group) is 1. The Morgan fingerprint density at radius 1 is 1.46 bits per heavy atom. The molecular formula is C7H18N2O3P+. The van der Waals surface area contributed by atoms with Gasteiger partial charge in [-0.25, -0.2) is 9.79 Å². The Morgan fingerprint density at radius 2 is 1.92 bits per heavy atom. The van der Waals surface area contributed by atoms with Crippen LogP contribution in [0, 0.1) is 0 Å². The molecule has 0 amide bonds. The predicted molar refractivity (Wildman–Crippen MR) is 50.8 cm³/mol. The second kappa shape index (κ2) is 5.00. The van der Waals surface area contributed by atoms with Crippen LogP contribution >= 0.6 is 7.94 Å². The minimum absolute atomic E-state index is 0.164. The maximum atomic E-state index is 11.0. The van der Waals surface area contributed by atoms with Crippen LogP contribution in [0.4, 0.5) is 0 Å². The molecule has 0 aromatic rings. The van der Waals surface area contributed by atoms with Crippen LogP contribution in [0.2, 0.25) is 0 Å². The number of hydrogen-bond donors (Lipinski definition) is 3. The molecule has 0 aliphatic heterocycles. The van der Waals surface area contributed by atoms with Crippen molar-refractivity contribution in [2.45, 2.75) is 0 Å². The quantitative estimate of drug-likeness (QED) is 0.453. The van der Waals surface area contributed by atoms with E-state index >= 15 is 0 Å². The molecule has 0 spiro atoms. The zero-order valence-corrected chi connectivity index (χ0v) is 9.38. The van der Waals surface area contributed by atoms with Gasteiger partial charge in [-0.2, -0.15) is 0 Å². The molecule has 13 heavy (non-hydrogen) atoms. The van der Waals surface area contributed by atoms with E-state index in [0.717, 1.165) is 4.90 Å². The molecule has 0 heterocycles. The van der Waals surface area contributed by atoms with Crippen LogP contribution in [0.1, 0.15) is 0 Å². The van der Waals surface area contributed by atoms with Crippen molar-refractivity contribution in [3.8, 4) is 0 Å². The van der Waals surface area contributed by atoms with Crippen molar-refractivity contribution in [2.24, 2.45) is 0 Å². The van der Waals surface area contributed by atoms with Crippen LogP contribution in [-0.2, 0) is 0 Å². The van der Waals surface area contributed by atoms with Gasteiger partial charge in [0.1, 0.15) is 6.20 Å². The van der Waals surface area contributed by atoms with E-state index in [1.807, 2.05) is 14.1 Å². The number of rotatable bonds is 4. The molecule has 78 valence electrons. The fourth-order valence-electron chi connectivity index (χ4n) is 0.879. The average molecular weight is 209 g/mol. The van der Waals surface area contributed by atoms with Gasteiger partial charge in [-0.15, -0.1) is 0 Å². The molecule has 0 fully saturated rings. The van der Waals surface area contributed by atoms with Gasteiger partial charge in [0.15, 0.2) is 5.31 Å². The van der Waals surface area contributed by atoms with Crippen molar-refractivity contribution in [3.63, 3.8) is 0 Å². The molecule has 0 rings (SSSR count). The Labute approximate surface area is 79.5 Å². The highest BCUT2D eigenvalue weighted by Crippen LogP contribution is 2.48. The molecule has 0 aliphatic rings. The highest BCUT2D eigenvalue weighted by atomic mass is 31.2. The monoisotopic (exact) mass is 209 g/mol. The van der Waals surface area contributed by atoms with Gasteiger partial charge in [-0.05, 0) is 14.1 Å². The third-order valence-electron chi connectivity index (χ3n) is 1.31. The van der Waals surface area contributed by atoms with E-state index in [9.17, 15) is 4.89 Å². The van der Waals surface area contributed by atoms with Gasteiger partial charge in [-0.1, -0.05) is 0 Å². The Morgan fingerprint density at radius 3 is 2.15 bits per heavy atom. The van der Waals surface area contributed by atoms with Crippen molar-refractivity contribution in [1.82, 2.24) is 4.90 Å². The summed E-state index contributed by atoms with van der Waals surface area (Å²) in [5.41, 5.74) is 0. The van der Waals surface area contributed by atoms with Crippen molar-refractivity contribution in [1.29, 1.82) is 0 Å². The fraction of sp³-hybridized carbons (Fsp3) is 0.714. The first kappa shape index (κ1) is 13.0. The summed E-state index contributed by atoms with van der Waals surface area (Å²) in [5.74, 6) is 0. The lowest BCUT2D eigenvalue weighted by molar-refractivity contribution is -0.801. The number of nitrogens with zero attached hydrogens (tertiary/aromatic N) is 1. The van der Waals surface area contributed by atoms with Crippen molar-refractivity contribution in [2.75, 3.05) is 34.7 Å². The van der Waals surface area contributed by atoms with Crippen LogP contribution < -0.4 is 9.79 Å². The van der Waals surface area contributed by atoms with Crippen molar-refractivity contribution < 1.29 is 19.6 Å². The molecule has 0 saturated heterocycles. The molecule has 0 bridgehead atoms. The summed E-state index contributed by atoms with van der Waals surface area (Å²) in [5, 5.41) is 0.164. The molecule has 0 aromatic heterocycles. The molecular weight excluding hydrogens is 191 g/mol. The highest BCUT2D eigenvalue weighted by Gasteiger charge is 2.28. The topological polar surface area (TPSA) is 71.2 Å². The molecule has 0 aliphatic carbocycles. The summed E-state index contributed by atoms with van der Waals surface area (Å²) < 4.78 is 0. The Hall–Kier alpha value is -0.0300. The minimum atomic E-state index is -4.09.